The molecule has 3 heterocycles. The lowest BCUT2D eigenvalue weighted by atomic mass is 10.0. The smallest absolute Gasteiger partial charge is 0.243 e. The minimum absolute atomic E-state index is 0.0933. The largest absolute Gasteiger partial charge is 0.346 e. The van der Waals surface area contributed by atoms with Crippen molar-refractivity contribution in [1.82, 2.24) is 8.87 Å². The number of aryl methyl sites for hydroxylation is 1. The molecule has 2 aromatic rings. The van der Waals surface area contributed by atoms with Crippen LogP contribution in [0.15, 0.2) is 35.2 Å². The van der Waals surface area contributed by atoms with Gasteiger partial charge in [-0.25, -0.2) is 8.42 Å². The van der Waals surface area contributed by atoms with Crippen LogP contribution >= 0.6 is 0 Å². The Hall–Kier alpha value is -2.12. The van der Waals surface area contributed by atoms with E-state index >= 15 is 0 Å². The zero-order valence-corrected chi connectivity index (χ0v) is 15.3. The number of nitrogens with one attached hydrogen (secondary N) is 1. The first-order valence-electron chi connectivity index (χ1n) is 8.43. The number of amides is 1. The monoisotopic (exact) mass is 359 g/mol. The second kappa shape index (κ2) is 5.44. The van der Waals surface area contributed by atoms with Gasteiger partial charge in [0.05, 0.1) is 16.9 Å². The molecule has 2 atom stereocenters. The first-order valence-corrected chi connectivity index (χ1v) is 9.87. The molecule has 0 spiro atoms. The zero-order valence-electron chi connectivity index (χ0n) is 14.5. The van der Waals surface area contributed by atoms with E-state index in [0.29, 0.717) is 18.8 Å². The Balaban J connectivity index is 1.73. The molecule has 0 saturated heterocycles. The van der Waals surface area contributed by atoms with Gasteiger partial charge in [0.25, 0.3) is 0 Å². The maximum Gasteiger partial charge on any atom is 0.243 e. The molecule has 4 rings (SSSR count). The predicted molar refractivity (Wildman–Crippen MR) is 95.0 cm³/mol. The summed E-state index contributed by atoms with van der Waals surface area (Å²) in [6.45, 7) is 6.83. The molecular weight excluding hydrogens is 338 g/mol. The molecule has 2 aliphatic rings. The number of benzene rings is 1. The number of anilines is 1. The van der Waals surface area contributed by atoms with Crippen LogP contribution in [0.2, 0.25) is 0 Å². The maximum atomic E-state index is 13.2. The Labute approximate surface area is 147 Å². The third-order valence-corrected chi connectivity index (χ3v) is 7.35. The average molecular weight is 359 g/mol. The van der Waals surface area contributed by atoms with Crippen molar-refractivity contribution in [1.29, 1.82) is 0 Å². The summed E-state index contributed by atoms with van der Waals surface area (Å²) in [5.74, 6) is -0.423. The van der Waals surface area contributed by atoms with Gasteiger partial charge in [0, 0.05) is 30.2 Å². The summed E-state index contributed by atoms with van der Waals surface area (Å²) in [7, 11) is -3.63. The molecule has 0 saturated carbocycles. The van der Waals surface area contributed by atoms with Crippen molar-refractivity contribution in [2.24, 2.45) is 0 Å². The van der Waals surface area contributed by atoms with Crippen LogP contribution in [0.3, 0.4) is 0 Å². The Morgan fingerprint density at radius 2 is 1.88 bits per heavy atom. The van der Waals surface area contributed by atoms with Crippen molar-refractivity contribution >= 4 is 21.6 Å². The van der Waals surface area contributed by atoms with Crippen LogP contribution in [0.5, 0.6) is 0 Å². The zero-order chi connectivity index (χ0) is 17.9. The number of carbonyl (C=O) groups excluding carboxylic acids is 1. The number of hydrogen-bond acceptors (Lipinski definition) is 3. The average Bonchev–Trinajstić information content (AvgIpc) is 3.09. The van der Waals surface area contributed by atoms with Crippen molar-refractivity contribution < 1.29 is 13.2 Å². The molecule has 0 aliphatic carbocycles. The molecule has 1 aromatic carbocycles. The predicted octanol–water partition coefficient (Wildman–Crippen LogP) is 2.62. The fourth-order valence-corrected chi connectivity index (χ4v) is 5.45. The number of hydrogen-bond donors (Lipinski definition) is 1. The minimum Gasteiger partial charge on any atom is -0.346 e. The molecule has 0 unspecified atom stereocenters. The molecule has 7 heteroatoms. The number of rotatable bonds is 2. The highest BCUT2D eigenvalue weighted by Crippen LogP contribution is 2.37. The minimum atomic E-state index is -3.63. The summed E-state index contributed by atoms with van der Waals surface area (Å²) in [6, 6.07) is 8.70. The Kier molecular flexibility index (Phi) is 3.56. The van der Waals surface area contributed by atoms with Gasteiger partial charge in [0.15, 0.2) is 0 Å². The van der Waals surface area contributed by atoms with E-state index in [9.17, 15) is 13.2 Å². The van der Waals surface area contributed by atoms with E-state index in [0.717, 1.165) is 17.0 Å². The van der Waals surface area contributed by atoms with Gasteiger partial charge in [-0.3, -0.25) is 4.79 Å². The van der Waals surface area contributed by atoms with Crippen LogP contribution in [0.1, 0.15) is 42.8 Å². The van der Waals surface area contributed by atoms with Crippen molar-refractivity contribution in [3.63, 3.8) is 0 Å². The van der Waals surface area contributed by atoms with Crippen LogP contribution in [0.4, 0.5) is 5.69 Å². The summed E-state index contributed by atoms with van der Waals surface area (Å²) in [5.41, 5.74) is 3.61. The highest BCUT2D eigenvalue weighted by Gasteiger charge is 2.36. The molecule has 6 nitrogen and oxygen atoms in total. The van der Waals surface area contributed by atoms with Crippen LogP contribution in [0.25, 0.3) is 0 Å². The van der Waals surface area contributed by atoms with E-state index in [1.54, 1.807) is 29.4 Å². The number of nitrogens with zero attached hydrogens (tertiary/aromatic N) is 2. The van der Waals surface area contributed by atoms with E-state index in [1.807, 2.05) is 26.0 Å². The molecule has 1 N–H and O–H groups in total. The van der Waals surface area contributed by atoms with E-state index < -0.39 is 10.0 Å². The molecule has 132 valence electrons. The van der Waals surface area contributed by atoms with Gasteiger partial charge in [0.2, 0.25) is 15.9 Å². The lowest BCUT2D eigenvalue weighted by Gasteiger charge is -2.34. The van der Waals surface area contributed by atoms with Gasteiger partial charge in [-0.15, -0.1) is 0 Å². The number of aromatic nitrogens is 1. The van der Waals surface area contributed by atoms with Gasteiger partial charge < -0.3 is 9.88 Å². The van der Waals surface area contributed by atoms with Crippen molar-refractivity contribution in [2.75, 3.05) is 11.9 Å². The molecular formula is C18H21N3O3S. The first kappa shape index (κ1) is 16.4. The standard InChI is InChI=1S/C18H21N3O3S/c1-11-4-7-17-13(3)21(9-8-20(11)17)25(23,24)14-5-6-16-15(10-14)12(2)18(22)19-16/h4-7,10,12-13H,8-9H2,1-3H3,(H,19,22)/t12-,13-/m0/s1. The van der Waals surface area contributed by atoms with Gasteiger partial charge >= 0.3 is 0 Å². The summed E-state index contributed by atoms with van der Waals surface area (Å²) in [6.07, 6.45) is 0. The SMILES string of the molecule is Cc1ccc2n1CCN(S(=O)(=O)c1ccc3c(c1)[C@H](C)C(=O)N3)[C@H]2C. The molecule has 0 radical (unpaired) electrons. The van der Waals surface area contributed by atoms with Gasteiger partial charge in [0.1, 0.15) is 0 Å². The molecule has 25 heavy (non-hydrogen) atoms. The highest BCUT2D eigenvalue weighted by atomic mass is 32.2. The number of fused-ring (bicyclic) bond motifs is 2. The quantitative estimate of drug-likeness (QED) is 0.896. The normalized spacial score (nSPS) is 23.2. The van der Waals surface area contributed by atoms with Crippen LogP contribution in [0, 0.1) is 6.92 Å². The summed E-state index contributed by atoms with van der Waals surface area (Å²) in [5, 5.41) is 2.78. The summed E-state index contributed by atoms with van der Waals surface area (Å²) < 4.78 is 30.2. The van der Waals surface area contributed by atoms with Gasteiger partial charge in [-0.2, -0.15) is 4.31 Å². The summed E-state index contributed by atoms with van der Waals surface area (Å²) in [4.78, 5) is 12.1. The van der Waals surface area contributed by atoms with Crippen molar-refractivity contribution in [3.05, 3.63) is 47.3 Å². The Morgan fingerprint density at radius 1 is 1.12 bits per heavy atom. The molecule has 0 bridgehead atoms. The second-order valence-corrected chi connectivity index (χ2v) is 8.69. The van der Waals surface area contributed by atoms with Crippen LogP contribution in [-0.2, 0) is 21.4 Å². The van der Waals surface area contributed by atoms with Gasteiger partial charge in [-0.1, -0.05) is 0 Å². The maximum absolute atomic E-state index is 13.2. The van der Waals surface area contributed by atoms with Crippen LogP contribution < -0.4 is 5.32 Å². The first-order chi connectivity index (χ1) is 11.8. The highest BCUT2D eigenvalue weighted by molar-refractivity contribution is 7.89. The lowest BCUT2D eigenvalue weighted by molar-refractivity contribution is -0.116. The number of carbonyl (C=O) groups is 1. The molecule has 1 amide bonds. The number of sulfonamides is 1. The van der Waals surface area contributed by atoms with E-state index in [4.69, 9.17) is 0 Å². The van der Waals surface area contributed by atoms with E-state index in [2.05, 4.69) is 9.88 Å². The molecule has 2 aliphatic heterocycles. The van der Waals surface area contributed by atoms with Crippen molar-refractivity contribution in [3.8, 4) is 0 Å². The topological polar surface area (TPSA) is 71.4 Å². The fraction of sp³-hybridized carbons (Fsp3) is 0.389. The summed E-state index contributed by atoms with van der Waals surface area (Å²) >= 11 is 0. The Bertz CT molecular complexity index is 977. The molecule has 1 aromatic heterocycles. The van der Waals surface area contributed by atoms with Crippen LogP contribution in [-0.4, -0.2) is 29.7 Å². The second-order valence-electron chi connectivity index (χ2n) is 6.80. The van der Waals surface area contributed by atoms with E-state index in [1.165, 1.54) is 0 Å². The van der Waals surface area contributed by atoms with Crippen molar-refractivity contribution in [2.45, 2.75) is 44.2 Å². The van der Waals surface area contributed by atoms with E-state index in [-0.39, 0.29) is 22.8 Å². The van der Waals surface area contributed by atoms with Gasteiger partial charge in [-0.05, 0) is 56.7 Å². The molecule has 0 fully saturated rings. The third-order valence-electron chi connectivity index (χ3n) is 5.38. The third kappa shape index (κ3) is 2.33. The Morgan fingerprint density at radius 3 is 2.64 bits per heavy atom. The lowest BCUT2D eigenvalue weighted by Crippen LogP contribution is -2.41. The fourth-order valence-electron chi connectivity index (χ4n) is 3.82.